The maximum absolute atomic E-state index is 12.5. The lowest BCUT2D eigenvalue weighted by molar-refractivity contribution is -0.141. The van der Waals surface area contributed by atoms with E-state index in [-0.39, 0.29) is 11.1 Å². The Balaban J connectivity index is 1.83. The molecular formula is C19H16F3NO5. The van der Waals surface area contributed by atoms with E-state index >= 15 is 0 Å². The molecule has 1 amide bonds. The zero-order chi connectivity index (χ0) is 20.7. The lowest BCUT2D eigenvalue weighted by Crippen LogP contribution is -2.31. The lowest BCUT2D eigenvalue weighted by Gasteiger charge is -2.09. The summed E-state index contributed by atoms with van der Waals surface area (Å²) in [4.78, 5) is 35.6. The molecule has 9 heteroatoms. The molecular weight excluding hydrogens is 379 g/mol. The van der Waals surface area contributed by atoms with Gasteiger partial charge < -0.3 is 14.8 Å². The predicted octanol–water partition coefficient (Wildman–Crippen LogP) is 2.87. The second-order valence-corrected chi connectivity index (χ2v) is 5.54. The van der Waals surface area contributed by atoms with Gasteiger partial charge in [0.2, 0.25) is 5.78 Å². The number of benzene rings is 2. The maximum Gasteiger partial charge on any atom is 0.416 e. The summed E-state index contributed by atoms with van der Waals surface area (Å²) < 4.78 is 47.3. The Bertz CT molecular complexity index is 863. The summed E-state index contributed by atoms with van der Waals surface area (Å²) in [6.07, 6.45) is -4.51. The van der Waals surface area contributed by atoms with E-state index in [9.17, 15) is 27.6 Å². The minimum absolute atomic E-state index is 0.0501. The summed E-state index contributed by atoms with van der Waals surface area (Å²) >= 11 is 0. The fourth-order valence-electron chi connectivity index (χ4n) is 2.21. The van der Waals surface area contributed by atoms with Gasteiger partial charge in [-0.15, -0.1) is 0 Å². The molecule has 2 rings (SSSR count). The molecule has 6 nitrogen and oxygen atoms in total. The Labute approximate surface area is 158 Å². The maximum atomic E-state index is 12.5. The molecule has 0 saturated heterocycles. The first kappa shape index (κ1) is 20.9. The third kappa shape index (κ3) is 5.57. The van der Waals surface area contributed by atoms with Crippen molar-refractivity contribution in [2.45, 2.75) is 6.18 Å². The molecule has 0 aromatic heterocycles. The largest absolute Gasteiger partial charge is 0.496 e. The first-order valence-electron chi connectivity index (χ1n) is 7.99. The van der Waals surface area contributed by atoms with Crippen molar-refractivity contribution in [3.05, 3.63) is 65.2 Å². The highest BCUT2D eigenvalue weighted by Gasteiger charge is 2.30. The second-order valence-electron chi connectivity index (χ2n) is 5.54. The van der Waals surface area contributed by atoms with Crippen LogP contribution in [0.15, 0.2) is 48.5 Å². The monoisotopic (exact) mass is 395 g/mol. The molecule has 0 aliphatic heterocycles. The molecule has 0 atom stereocenters. The third-order valence-corrected chi connectivity index (χ3v) is 3.64. The number of Topliss-reactive ketones (excluding diaryl/α,β-unsaturated/α-hetero) is 1. The van der Waals surface area contributed by atoms with Crippen LogP contribution in [0.4, 0.5) is 13.2 Å². The quantitative estimate of drug-likeness (QED) is 0.576. The van der Waals surface area contributed by atoms with Crippen LogP contribution in [0, 0.1) is 0 Å². The van der Waals surface area contributed by atoms with Crippen molar-refractivity contribution in [3.8, 4) is 5.75 Å². The van der Waals surface area contributed by atoms with Gasteiger partial charge in [-0.05, 0) is 36.4 Å². The molecule has 0 saturated carbocycles. The van der Waals surface area contributed by atoms with Crippen molar-refractivity contribution < 1.29 is 37.0 Å². The molecule has 2 aromatic carbocycles. The van der Waals surface area contributed by atoms with Crippen LogP contribution in [0.1, 0.15) is 26.3 Å². The summed E-state index contributed by atoms with van der Waals surface area (Å²) in [7, 11) is 1.40. The number of hydrogen-bond donors (Lipinski definition) is 1. The molecule has 28 heavy (non-hydrogen) atoms. The standard InChI is InChI=1S/C19H16F3NO5/c1-27-16-5-3-2-4-14(16)15(24)11-28-17(25)10-23-18(26)12-6-8-13(9-7-12)19(20,21)22/h2-9H,10-11H2,1H3,(H,23,26). The number of esters is 1. The molecule has 0 aliphatic carbocycles. The second kappa shape index (κ2) is 9.03. The van der Waals surface area contributed by atoms with E-state index in [1.165, 1.54) is 13.2 Å². The number of alkyl halides is 3. The summed E-state index contributed by atoms with van der Waals surface area (Å²) in [5, 5.41) is 2.21. The Hall–Kier alpha value is -3.36. The molecule has 1 N–H and O–H groups in total. The summed E-state index contributed by atoms with van der Waals surface area (Å²) in [6.45, 7) is -1.09. The summed E-state index contributed by atoms with van der Waals surface area (Å²) in [5.41, 5.74) is -0.698. The minimum Gasteiger partial charge on any atom is -0.496 e. The van der Waals surface area contributed by atoms with Gasteiger partial charge in [0.15, 0.2) is 6.61 Å². The van der Waals surface area contributed by atoms with Crippen LogP contribution in [0.2, 0.25) is 0 Å². The van der Waals surface area contributed by atoms with E-state index in [4.69, 9.17) is 9.47 Å². The topological polar surface area (TPSA) is 81.7 Å². The van der Waals surface area contributed by atoms with Crippen molar-refractivity contribution in [1.82, 2.24) is 5.32 Å². The van der Waals surface area contributed by atoms with Gasteiger partial charge in [0.25, 0.3) is 5.91 Å². The fraction of sp³-hybridized carbons (Fsp3) is 0.211. The number of amides is 1. The van der Waals surface area contributed by atoms with Crippen LogP contribution in [-0.2, 0) is 15.7 Å². The Kier molecular flexibility index (Phi) is 6.75. The van der Waals surface area contributed by atoms with E-state index in [0.717, 1.165) is 24.3 Å². The van der Waals surface area contributed by atoms with E-state index in [1.807, 2.05) is 0 Å². The van der Waals surface area contributed by atoms with Gasteiger partial charge >= 0.3 is 12.1 Å². The van der Waals surface area contributed by atoms with Crippen molar-refractivity contribution in [2.24, 2.45) is 0 Å². The van der Waals surface area contributed by atoms with E-state index in [0.29, 0.717) is 5.75 Å². The molecule has 0 spiro atoms. The highest BCUT2D eigenvalue weighted by Crippen LogP contribution is 2.29. The predicted molar refractivity (Wildman–Crippen MR) is 92.1 cm³/mol. The van der Waals surface area contributed by atoms with Crippen molar-refractivity contribution in [3.63, 3.8) is 0 Å². The van der Waals surface area contributed by atoms with Crippen LogP contribution in [0.3, 0.4) is 0 Å². The van der Waals surface area contributed by atoms with E-state index in [2.05, 4.69) is 5.32 Å². The van der Waals surface area contributed by atoms with Crippen LogP contribution >= 0.6 is 0 Å². The molecule has 0 bridgehead atoms. The van der Waals surface area contributed by atoms with Crippen molar-refractivity contribution >= 4 is 17.7 Å². The molecule has 148 valence electrons. The first-order valence-corrected chi connectivity index (χ1v) is 7.99. The third-order valence-electron chi connectivity index (χ3n) is 3.64. The number of hydrogen-bond acceptors (Lipinski definition) is 5. The number of carbonyl (C=O) groups excluding carboxylic acids is 3. The number of para-hydroxylation sites is 1. The lowest BCUT2D eigenvalue weighted by atomic mass is 10.1. The number of methoxy groups -OCH3 is 1. The number of rotatable bonds is 7. The Morgan fingerprint density at radius 2 is 1.64 bits per heavy atom. The van der Waals surface area contributed by atoms with Gasteiger partial charge in [-0.25, -0.2) is 0 Å². The molecule has 2 aromatic rings. The van der Waals surface area contributed by atoms with Crippen LogP contribution in [0.5, 0.6) is 5.75 Å². The van der Waals surface area contributed by atoms with Crippen LogP contribution in [-0.4, -0.2) is 37.9 Å². The number of halogens is 3. The molecule has 0 aliphatic rings. The summed E-state index contributed by atoms with van der Waals surface area (Å²) in [6, 6.07) is 9.92. The number of carbonyl (C=O) groups is 3. The zero-order valence-electron chi connectivity index (χ0n) is 14.7. The molecule has 0 radical (unpaired) electrons. The highest BCUT2D eigenvalue weighted by molar-refractivity contribution is 6.00. The van der Waals surface area contributed by atoms with Gasteiger partial charge in [-0.2, -0.15) is 13.2 Å². The normalized spacial score (nSPS) is 10.9. The number of nitrogens with one attached hydrogen (secondary N) is 1. The van der Waals surface area contributed by atoms with Crippen molar-refractivity contribution in [2.75, 3.05) is 20.3 Å². The van der Waals surface area contributed by atoms with Crippen LogP contribution < -0.4 is 10.1 Å². The fourth-order valence-corrected chi connectivity index (χ4v) is 2.21. The zero-order valence-corrected chi connectivity index (χ0v) is 14.7. The van der Waals surface area contributed by atoms with E-state index in [1.54, 1.807) is 18.2 Å². The van der Waals surface area contributed by atoms with E-state index < -0.39 is 42.6 Å². The van der Waals surface area contributed by atoms with Gasteiger partial charge in [-0.1, -0.05) is 12.1 Å². The van der Waals surface area contributed by atoms with Gasteiger partial charge in [0, 0.05) is 5.56 Å². The molecule has 0 unspecified atom stereocenters. The summed E-state index contributed by atoms with van der Waals surface area (Å²) in [5.74, 6) is -1.77. The number of ether oxygens (including phenoxy) is 2. The first-order chi connectivity index (χ1) is 13.2. The van der Waals surface area contributed by atoms with Gasteiger partial charge in [0.05, 0.1) is 18.2 Å². The minimum atomic E-state index is -4.51. The SMILES string of the molecule is COc1ccccc1C(=O)COC(=O)CNC(=O)c1ccc(C(F)(F)F)cc1. The molecule has 0 fully saturated rings. The molecule has 0 heterocycles. The average Bonchev–Trinajstić information content (AvgIpc) is 2.69. The van der Waals surface area contributed by atoms with Gasteiger partial charge in [-0.3, -0.25) is 14.4 Å². The number of ketones is 1. The van der Waals surface area contributed by atoms with Crippen molar-refractivity contribution in [1.29, 1.82) is 0 Å². The average molecular weight is 395 g/mol. The van der Waals surface area contributed by atoms with Crippen LogP contribution in [0.25, 0.3) is 0 Å². The highest BCUT2D eigenvalue weighted by atomic mass is 19.4. The smallest absolute Gasteiger partial charge is 0.416 e. The Morgan fingerprint density at radius 1 is 1.00 bits per heavy atom. The van der Waals surface area contributed by atoms with Gasteiger partial charge in [0.1, 0.15) is 12.3 Å². The Morgan fingerprint density at radius 3 is 2.25 bits per heavy atom.